The van der Waals surface area contributed by atoms with Gasteiger partial charge in [-0.3, -0.25) is 19.7 Å². The summed E-state index contributed by atoms with van der Waals surface area (Å²) < 4.78 is 10.3. The highest BCUT2D eigenvalue weighted by Crippen LogP contribution is 2.30. The molecule has 0 aliphatic carbocycles. The molecule has 0 saturated carbocycles. The number of urea groups is 1. The molecule has 1 saturated heterocycles. The van der Waals surface area contributed by atoms with E-state index in [2.05, 4.69) is 5.32 Å². The molecule has 0 spiro atoms. The monoisotopic (exact) mass is 383 g/mol. The number of methoxy groups -OCH3 is 2. The molecular formula is C19H17N3O6. The first-order chi connectivity index (χ1) is 13.5. The Balaban J connectivity index is 1.85. The molecule has 1 aliphatic rings. The van der Waals surface area contributed by atoms with E-state index in [0.717, 1.165) is 4.90 Å². The molecular weight excluding hydrogens is 366 g/mol. The predicted octanol–water partition coefficient (Wildman–Crippen LogP) is 1.54. The Bertz CT molecular complexity index is 944. The second-order valence-corrected chi connectivity index (χ2v) is 5.80. The number of nitrogens with zero attached hydrogens (tertiary/aromatic N) is 1. The van der Waals surface area contributed by atoms with Crippen molar-refractivity contribution in [2.45, 2.75) is 0 Å². The number of amides is 5. The van der Waals surface area contributed by atoms with Crippen LogP contribution in [0.2, 0.25) is 0 Å². The van der Waals surface area contributed by atoms with Gasteiger partial charge in [0.2, 0.25) is 11.8 Å². The molecule has 0 aromatic heterocycles. The number of hydrogen-bond acceptors (Lipinski definition) is 6. The molecule has 2 aromatic carbocycles. The molecule has 9 nitrogen and oxygen atoms in total. The number of nitrogens with one attached hydrogen (secondary N) is 2. The van der Waals surface area contributed by atoms with Crippen LogP contribution in [0.25, 0.3) is 0 Å². The van der Waals surface area contributed by atoms with Gasteiger partial charge in [-0.2, -0.15) is 0 Å². The van der Waals surface area contributed by atoms with Gasteiger partial charge in [-0.1, -0.05) is 18.2 Å². The summed E-state index contributed by atoms with van der Waals surface area (Å²) in [6.07, 6.45) is 0. The molecule has 3 rings (SSSR count). The largest absolute Gasteiger partial charge is 0.493 e. The predicted molar refractivity (Wildman–Crippen MR) is 99.1 cm³/mol. The summed E-state index contributed by atoms with van der Waals surface area (Å²) in [4.78, 5) is 50.4. The number of imide groups is 2. The van der Waals surface area contributed by atoms with Gasteiger partial charge in [-0.25, -0.2) is 9.69 Å². The maximum atomic E-state index is 12.7. The van der Waals surface area contributed by atoms with Gasteiger partial charge in [-0.05, 0) is 24.3 Å². The average Bonchev–Trinajstić information content (AvgIpc) is 2.68. The Hall–Kier alpha value is -3.88. The highest BCUT2D eigenvalue weighted by Gasteiger charge is 2.45. The van der Waals surface area contributed by atoms with E-state index in [0.29, 0.717) is 17.2 Å². The second kappa shape index (κ2) is 7.78. The Kier molecular flexibility index (Phi) is 5.25. The fraction of sp³-hybridized carbons (Fsp3) is 0.158. The second-order valence-electron chi connectivity index (χ2n) is 5.80. The van der Waals surface area contributed by atoms with E-state index in [9.17, 15) is 19.2 Å². The van der Waals surface area contributed by atoms with Crippen LogP contribution in [-0.2, 0) is 14.4 Å². The topological polar surface area (TPSA) is 114 Å². The third-order valence-corrected chi connectivity index (χ3v) is 4.09. The van der Waals surface area contributed by atoms with Crippen molar-refractivity contribution in [1.82, 2.24) is 5.32 Å². The zero-order valence-corrected chi connectivity index (χ0v) is 15.1. The molecule has 2 N–H and O–H groups in total. The summed E-state index contributed by atoms with van der Waals surface area (Å²) in [7, 11) is 2.90. The SMILES string of the molecule is COc1ccc(NC(=O)C2C(=O)NC(=O)N(c3ccccc3)C2=O)cc1OC. The number of hydrogen-bond donors (Lipinski definition) is 2. The van der Waals surface area contributed by atoms with E-state index in [4.69, 9.17) is 9.47 Å². The third-order valence-electron chi connectivity index (χ3n) is 4.09. The van der Waals surface area contributed by atoms with Gasteiger partial charge in [0, 0.05) is 11.8 Å². The van der Waals surface area contributed by atoms with Crippen molar-refractivity contribution < 1.29 is 28.7 Å². The van der Waals surface area contributed by atoms with Crippen LogP contribution in [0.4, 0.5) is 16.2 Å². The fourth-order valence-electron chi connectivity index (χ4n) is 2.76. The average molecular weight is 383 g/mol. The van der Waals surface area contributed by atoms with Gasteiger partial charge in [0.25, 0.3) is 5.91 Å². The number of barbiturate groups is 1. The number of rotatable bonds is 5. The third kappa shape index (κ3) is 3.50. The molecule has 0 bridgehead atoms. The number of anilines is 2. The van der Waals surface area contributed by atoms with Gasteiger partial charge < -0.3 is 14.8 Å². The van der Waals surface area contributed by atoms with Gasteiger partial charge in [0.1, 0.15) is 0 Å². The minimum absolute atomic E-state index is 0.251. The van der Waals surface area contributed by atoms with Crippen LogP contribution in [-0.4, -0.2) is 38.0 Å². The lowest BCUT2D eigenvalue weighted by Gasteiger charge is -2.29. The van der Waals surface area contributed by atoms with Crippen LogP contribution in [0.15, 0.2) is 48.5 Å². The maximum absolute atomic E-state index is 12.7. The summed E-state index contributed by atoms with van der Waals surface area (Å²) in [5.74, 6) is -3.69. The lowest BCUT2D eigenvalue weighted by molar-refractivity contribution is -0.139. The molecule has 0 radical (unpaired) electrons. The number of para-hydroxylation sites is 1. The van der Waals surface area contributed by atoms with E-state index < -0.39 is 29.7 Å². The van der Waals surface area contributed by atoms with Gasteiger partial charge in [0.05, 0.1) is 19.9 Å². The van der Waals surface area contributed by atoms with Gasteiger partial charge in [-0.15, -0.1) is 0 Å². The number of carbonyl (C=O) groups excluding carboxylic acids is 4. The summed E-state index contributed by atoms with van der Waals surface area (Å²) >= 11 is 0. The fourth-order valence-corrected chi connectivity index (χ4v) is 2.76. The molecule has 1 aliphatic heterocycles. The summed E-state index contributed by atoms with van der Waals surface area (Å²) in [6, 6.07) is 11.7. The maximum Gasteiger partial charge on any atom is 0.335 e. The Morgan fingerprint density at radius 3 is 2.32 bits per heavy atom. The number of carbonyl (C=O) groups is 4. The zero-order valence-electron chi connectivity index (χ0n) is 15.1. The number of benzene rings is 2. The Morgan fingerprint density at radius 2 is 1.68 bits per heavy atom. The molecule has 144 valence electrons. The van der Waals surface area contributed by atoms with Crippen LogP contribution in [0.1, 0.15) is 0 Å². The quantitative estimate of drug-likeness (QED) is 0.757. The van der Waals surface area contributed by atoms with Crippen molar-refractivity contribution in [1.29, 1.82) is 0 Å². The lowest BCUT2D eigenvalue weighted by Crippen LogP contribution is -2.61. The van der Waals surface area contributed by atoms with Crippen molar-refractivity contribution >= 4 is 35.1 Å². The first-order valence-corrected chi connectivity index (χ1v) is 8.23. The number of ether oxygens (including phenoxy) is 2. The first kappa shape index (κ1) is 18.9. The Labute approximate surface area is 160 Å². The van der Waals surface area contributed by atoms with E-state index >= 15 is 0 Å². The van der Waals surface area contributed by atoms with Crippen molar-refractivity contribution in [2.24, 2.45) is 5.92 Å². The van der Waals surface area contributed by atoms with Gasteiger partial charge >= 0.3 is 6.03 Å². The van der Waals surface area contributed by atoms with Crippen LogP contribution in [0.3, 0.4) is 0 Å². The van der Waals surface area contributed by atoms with E-state index in [-0.39, 0.29) is 5.69 Å². The smallest absolute Gasteiger partial charge is 0.335 e. The van der Waals surface area contributed by atoms with Crippen LogP contribution in [0, 0.1) is 5.92 Å². The minimum atomic E-state index is -1.72. The molecule has 1 fully saturated rings. The standard InChI is InChI=1S/C19H17N3O6/c1-27-13-9-8-11(10-14(13)28-2)20-16(23)15-17(24)21-19(26)22(18(15)25)12-6-4-3-5-7-12/h3-10,15H,1-2H3,(H,20,23)(H,21,24,26). The summed E-state index contributed by atoms with van der Waals surface area (Å²) in [5.41, 5.74) is 0.549. The lowest BCUT2D eigenvalue weighted by atomic mass is 10.0. The van der Waals surface area contributed by atoms with E-state index in [1.54, 1.807) is 24.3 Å². The van der Waals surface area contributed by atoms with Crippen molar-refractivity contribution in [3.05, 3.63) is 48.5 Å². The molecule has 1 heterocycles. The molecule has 9 heteroatoms. The van der Waals surface area contributed by atoms with Crippen molar-refractivity contribution in [3.8, 4) is 11.5 Å². The Morgan fingerprint density at radius 1 is 1.00 bits per heavy atom. The van der Waals surface area contributed by atoms with E-state index in [1.165, 1.54) is 38.5 Å². The van der Waals surface area contributed by atoms with Crippen LogP contribution >= 0.6 is 0 Å². The van der Waals surface area contributed by atoms with Crippen molar-refractivity contribution in [2.75, 3.05) is 24.4 Å². The molecule has 1 unspecified atom stereocenters. The minimum Gasteiger partial charge on any atom is -0.493 e. The first-order valence-electron chi connectivity index (χ1n) is 8.23. The molecule has 5 amide bonds. The molecule has 2 aromatic rings. The zero-order chi connectivity index (χ0) is 20.3. The highest BCUT2D eigenvalue weighted by atomic mass is 16.5. The van der Waals surface area contributed by atoms with Gasteiger partial charge in [0.15, 0.2) is 17.4 Å². The summed E-state index contributed by atoms with van der Waals surface area (Å²) in [6.45, 7) is 0. The van der Waals surface area contributed by atoms with Crippen molar-refractivity contribution in [3.63, 3.8) is 0 Å². The summed E-state index contributed by atoms with van der Waals surface area (Å²) in [5, 5.41) is 4.53. The van der Waals surface area contributed by atoms with Crippen LogP contribution in [0.5, 0.6) is 11.5 Å². The molecule has 28 heavy (non-hydrogen) atoms. The highest BCUT2D eigenvalue weighted by molar-refractivity contribution is 6.35. The normalized spacial score (nSPS) is 16.4. The van der Waals surface area contributed by atoms with Crippen LogP contribution < -0.4 is 25.0 Å². The van der Waals surface area contributed by atoms with E-state index in [1.807, 2.05) is 5.32 Å². The molecule has 1 atom stereocenters.